The van der Waals surface area contributed by atoms with Crippen LogP contribution < -0.4 is 5.32 Å². The monoisotopic (exact) mass is 183 g/mol. The van der Waals surface area contributed by atoms with Gasteiger partial charge in [0.2, 0.25) is 0 Å². The van der Waals surface area contributed by atoms with Gasteiger partial charge in [-0.2, -0.15) is 0 Å². The zero-order valence-corrected chi connectivity index (χ0v) is 8.71. The fourth-order valence-corrected chi connectivity index (χ4v) is 1.76. The van der Waals surface area contributed by atoms with E-state index in [2.05, 4.69) is 25.2 Å². The van der Waals surface area contributed by atoms with Crippen LogP contribution >= 0.6 is 0 Å². The third-order valence-electron chi connectivity index (χ3n) is 2.62. The van der Waals surface area contributed by atoms with Crippen molar-refractivity contribution in [2.75, 3.05) is 6.54 Å². The van der Waals surface area contributed by atoms with E-state index in [4.69, 9.17) is 0 Å². The SMILES string of the molecule is CC(C)=CCNC1CCCCC1O. The van der Waals surface area contributed by atoms with Crippen LogP contribution in [-0.4, -0.2) is 23.8 Å². The van der Waals surface area contributed by atoms with Gasteiger partial charge in [0.15, 0.2) is 0 Å². The van der Waals surface area contributed by atoms with Gasteiger partial charge in [0, 0.05) is 12.6 Å². The average molecular weight is 183 g/mol. The van der Waals surface area contributed by atoms with Gasteiger partial charge in [-0.25, -0.2) is 0 Å². The highest BCUT2D eigenvalue weighted by atomic mass is 16.3. The Bertz CT molecular complexity index is 173. The zero-order chi connectivity index (χ0) is 9.68. The molecule has 1 saturated carbocycles. The van der Waals surface area contributed by atoms with Gasteiger partial charge in [0.1, 0.15) is 0 Å². The second kappa shape index (κ2) is 5.40. The van der Waals surface area contributed by atoms with Crippen molar-refractivity contribution in [3.05, 3.63) is 11.6 Å². The minimum atomic E-state index is -0.126. The molecule has 1 rings (SSSR count). The minimum absolute atomic E-state index is 0.126. The van der Waals surface area contributed by atoms with E-state index >= 15 is 0 Å². The number of aliphatic hydroxyl groups excluding tert-OH is 1. The molecule has 76 valence electrons. The van der Waals surface area contributed by atoms with Crippen molar-refractivity contribution in [2.45, 2.75) is 51.7 Å². The molecule has 0 aliphatic heterocycles. The molecule has 13 heavy (non-hydrogen) atoms. The first-order chi connectivity index (χ1) is 6.20. The minimum Gasteiger partial charge on any atom is -0.392 e. The molecular weight excluding hydrogens is 162 g/mol. The Kier molecular flexibility index (Phi) is 4.46. The first kappa shape index (κ1) is 10.7. The molecule has 0 aromatic carbocycles. The molecule has 1 aliphatic carbocycles. The van der Waals surface area contributed by atoms with Gasteiger partial charge in [-0.3, -0.25) is 0 Å². The molecule has 2 nitrogen and oxygen atoms in total. The molecule has 0 radical (unpaired) electrons. The molecule has 0 aromatic heterocycles. The molecule has 2 heteroatoms. The molecule has 0 spiro atoms. The van der Waals surface area contributed by atoms with Crippen molar-refractivity contribution in [1.29, 1.82) is 0 Å². The highest BCUT2D eigenvalue weighted by Crippen LogP contribution is 2.17. The highest BCUT2D eigenvalue weighted by molar-refractivity contribution is 4.95. The van der Waals surface area contributed by atoms with E-state index in [1.807, 2.05) is 0 Å². The number of aliphatic hydroxyl groups is 1. The Labute approximate surface area is 81.0 Å². The standard InChI is InChI=1S/C11H21NO/c1-9(2)7-8-12-10-5-3-4-6-11(10)13/h7,10-13H,3-6,8H2,1-2H3. The van der Waals surface area contributed by atoms with Gasteiger partial charge in [-0.1, -0.05) is 24.5 Å². The Morgan fingerprint density at radius 3 is 2.69 bits per heavy atom. The molecule has 1 fully saturated rings. The van der Waals surface area contributed by atoms with Gasteiger partial charge in [0.05, 0.1) is 6.10 Å². The second-order valence-corrected chi connectivity index (χ2v) is 4.15. The van der Waals surface area contributed by atoms with Crippen LogP contribution in [0.15, 0.2) is 11.6 Å². The molecule has 0 heterocycles. The predicted octanol–water partition coefficient (Wildman–Crippen LogP) is 1.85. The number of rotatable bonds is 3. The van der Waals surface area contributed by atoms with Gasteiger partial charge in [-0.05, 0) is 26.7 Å². The maximum atomic E-state index is 9.65. The van der Waals surface area contributed by atoms with E-state index in [1.54, 1.807) is 0 Å². The summed E-state index contributed by atoms with van der Waals surface area (Å²) in [5, 5.41) is 13.0. The van der Waals surface area contributed by atoms with Crippen molar-refractivity contribution in [1.82, 2.24) is 5.32 Å². The number of hydrogen-bond acceptors (Lipinski definition) is 2. The Hall–Kier alpha value is -0.340. The molecule has 2 atom stereocenters. The first-order valence-electron chi connectivity index (χ1n) is 5.25. The second-order valence-electron chi connectivity index (χ2n) is 4.15. The summed E-state index contributed by atoms with van der Waals surface area (Å²) >= 11 is 0. The summed E-state index contributed by atoms with van der Waals surface area (Å²) in [7, 11) is 0. The lowest BCUT2D eigenvalue weighted by atomic mass is 9.92. The predicted molar refractivity (Wildman–Crippen MR) is 55.7 cm³/mol. The molecule has 0 amide bonds. The van der Waals surface area contributed by atoms with Crippen molar-refractivity contribution in [3.8, 4) is 0 Å². The van der Waals surface area contributed by atoms with Crippen LogP contribution in [0.1, 0.15) is 39.5 Å². The topological polar surface area (TPSA) is 32.3 Å². The largest absolute Gasteiger partial charge is 0.392 e. The molecular formula is C11H21NO. The van der Waals surface area contributed by atoms with E-state index in [1.165, 1.54) is 18.4 Å². The molecule has 0 bridgehead atoms. The van der Waals surface area contributed by atoms with Crippen LogP contribution in [0.5, 0.6) is 0 Å². The fraction of sp³-hybridized carbons (Fsp3) is 0.818. The van der Waals surface area contributed by atoms with E-state index < -0.39 is 0 Å². The molecule has 1 aliphatic rings. The zero-order valence-electron chi connectivity index (χ0n) is 8.71. The van der Waals surface area contributed by atoms with Gasteiger partial charge in [-0.15, -0.1) is 0 Å². The normalized spacial score (nSPS) is 28.5. The van der Waals surface area contributed by atoms with E-state index in [0.717, 1.165) is 19.4 Å². The smallest absolute Gasteiger partial charge is 0.0693 e. The van der Waals surface area contributed by atoms with Crippen molar-refractivity contribution in [3.63, 3.8) is 0 Å². The Balaban J connectivity index is 2.23. The first-order valence-corrected chi connectivity index (χ1v) is 5.25. The van der Waals surface area contributed by atoms with E-state index in [9.17, 15) is 5.11 Å². The summed E-state index contributed by atoms with van der Waals surface area (Å²) in [5.41, 5.74) is 1.33. The lowest BCUT2D eigenvalue weighted by Gasteiger charge is -2.28. The van der Waals surface area contributed by atoms with Crippen LogP contribution in [0, 0.1) is 0 Å². The quantitative estimate of drug-likeness (QED) is 0.654. The summed E-state index contributed by atoms with van der Waals surface area (Å²) in [6.45, 7) is 5.09. The highest BCUT2D eigenvalue weighted by Gasteiger charge is 2.21. The van der Waals surface area contributed by atoms with Crippen LogP contribution in [0.25, 0.3) is 0 Å². The maximum Gasteiger partial charge on any atom is 0.0693 e. The fourth-order valence-electron chi connectivity index (χ4n) is 1.76. The van der Waals surface area contributed by atoms with Crippen LogP contribution in [-0.2, 0) is 0 Å². The molecule has 0 aromatic rings. The summed E-state index contributed by atoms with van der Waals surface area (Å²) < 4.78 is 0. The van der Waals surface area contributed by atoms with Gasteiger partial charge >= 0.3 is 0 Å². The molecule has 2 unspecified atom stereocenters. The number of hydrogen-bond donors (Lipinski definition) is 2. The van der Waals surface area contributed by atoms with Crippen LogP contribution in [0.3, 0.4) is 0 Å². The summed E-state index contributed by atoms with van der Waals surface area (Å²) in [6.07, 6.45) is 6.57. The lowest BCUT2D eigenvalue weighted by molar-refractivity contribution is 0.0928. The maximum absolute atomic E-state index is 9.65. The number of nitrogens with one attached hydrogen (secondary N) is 1. The average Bonchev–Trinajstić information content (AvgIpc) is 2.08. The molecule has 2 N–H and O–H groups in total. The third kappa shape index (κ3) is 3.92. The number of allylic oxidation sites excluding steroid dienone is 1. The summed E-state index contributed by atoms with van der Waals surface area (Å²) in [6, 6.07) is 0.323. The van der Waals surface area contributed by atoms with Gasteiger partial charge in [0.25, 0.3) is 0 Å². The van der Waals surface area contributed by atoms with Crippen molar-refractivity contribution in [2.24, 2.45) is 0 Å². The van der Waals surface area contributed by atoms with Crippen LogP contribution in [0.4, 0.5) is 0 Å². The Morgan fingerprint density at radius 2 is 2.08 bits per heavy atom. The van der Waals surface area contributed by atoms with E-state index in [-0.39, 0.29) is 6.10 Å². The molecule has 0 saturated heterocycles. The summed E-state index contributed by atoms with van der Waals surface area (Å²) in [5.74, 6) is 0. The third-order valence-corrected chi connectivity index (χ3v) is 2.62. The Morgan fingerprint density at radius 1 is 1.38 bits per heavy atom. The van der Waals surface area contributed by atoms with Gasteiger partial charge < -0.3 is 10.4 Å². The lowest BCUT2D eigenvalue weighted by Crippen LogP contribution is -2.42. The summed E-state index contributed by atoms with van der Waals surface area (Å²) in [4.78, 5) is 0. The van der Waals surface area contributed by atoms with Crippen molar-refractivity contribution < 1.29 is 5.11 Å². The van der Waals surface area contributed by atoms with Crippen molar-refractivity contribution >= 4 is 0 Å². The van der Waals surface area contributed by atoms with E-state index in [0.29, 0.717) is 6.04 Å². The van der Waals surface area contributed by atoms with Crippen LogP contribution in [0.2, 0.25) is 0 Å².